The van der Waals surface area contributed by atoms with Crippen LogP contribution in [0.3, 0.4) is 0 Å². The van der Waals surface area contributed by atoms with Crippen molar-refractivity contribution in [3.05, 3.63) is 12.4 Å². The predicted molar refractivity (Wildman–Crippen MR) is 60.2 cm³/mol. The van der Waals surface area contributed by atoms with Gasteiger partial charge in [0.2, 0.25) is 0 Å². The molecule has 0 radical (unpaired) electrons. The molecule has 0 aliphatic carbocycles. The fourth-order valence-electron chi connectivity index (χ4n) is 1.20. The van der Waals surface area contributed by atoms with Crippen molar-refractivity contribution in [2.45, 2.75) is 32.1 Å². The first kappa shape index (κ1) is 12.0. The van der Waals surface area contributed by atoms with Crippen LogP contribution in [-0.4, -0.2) is 29.0 Å². The van der Waals surface area contributed by atoms with E-state index in [1.165, 1.54) is 0 Å². The van der Waals surface area contributed by atoms with Crippen molar-refractivity contribution in [3.63, 3.8) is 0 Å². The fourth-order valence-corrected chi connectivity index (χ4v) is 2.20. The number of hydrogen-bond donors (Lipinski definition) is 1. The highest BCUT2D eigenvalue weighted by molar-refractivity contribution is 7.91. The monoisotopic (exact) mass is 231 g/mol. The van der Waals surface area contributed by atoms with Crippen molar-refractivity contribution in [3.8, 4) is 0 Å². The van der Waals surface area contributed by atoms with E-state index in [4.69, 9.17) is 5.73 Å². The van der Waals surface area contributed by atoms with Gasteiger partial charge in [-0.3, -0.25) is 0 Å². The zero-order chi connectivity index (χ0) is 11.5. The zero-order valence-electron chi connectivity index (χ0n) is 9.05. The molecule has 0 spiro atoms. The molecule has 0 aromatic carbocycles. The van der Waals surface area contributed by atoms with Crippen LogP contribution in [-0.2, 0) is 16.4 Å². The molecule has 0 aliphatic heterocycles. The van der Waals surface area contributed by atoms with Gasteiger partial charge < -0.3 is 10.3 Å². The van der Waals surface area contributed by atoms with Gasteiger partial charge in [0, 0.05) is 18.9 Å². The van der Waals surface area contributed by atoms with Gasteiger partial charge >= 0.3 is 0 Å². The average Bonchev–Trinajstić information content (AvgIpc) is 2.51. The molecule has 0 fully saturated rings. The lowest BCUT2D eigenvalue weighted by molar-refractivity contribution is 0.578. The molecule has 1 rings (SSSR count). The number of aryl methyl sites for hydroxylation is 1. The van der Waals surface area contributed by atoms with Gasteiger partial charge in [-0.25, -0.2) is 13.4 Å². The Kier molecular flexibility index (Phi) is 3.73. The molecule has 86 valence electrons. The van der Waals surface area contributed by atoms with Crippen molar-refractivity contribution in [2.24, 2.45) is 0 Å². The van der Waals surface area contributed by atoms with Gasteiger partial charge in [0.1, 0.15) is 0 Å². The topological polar surface area (TPSA) is 78.0 Å². The van der Waals surface area contributed by atoms with Crippen molar-refractivity contribution in [1.29, 1.82) is 0 Å². The minimum atomic E-state index is -2.94. The highest BCUT2D eigenvalue weighted by atomic mass is 32.2. The number of nitrogens with two attached hydrogens (primary N) is 1. The van der Waals surface area contributed by atoms with Crippen molar-refractivity contribution >= 4 is 15.8 Å². The van der Waals surface area contributed by atoms with Gasteiger partial charge in [0.15, 0.2) is 15.8 Å². The molecular formula is C9H17N3O2S. The molecule has 2 N–H and O–H groups in total. The predicted octanol–water partition coefficient (Wildman–Crippen LogP) is 0.679. The van der Waals surface area contributed by atoms with Gasteiger partial charge in [-0.2, -0.15) is 0 Å². The third kappa shape index (κ3) is 3.23. The lowest BCUT2D eigenvalue weighted by atomic mass is 10.5. The number of hydrogen-bond acceptors (Lipinski definition) is 4. The van der Waals surface area contributed by atoms with E-state index in [2.05, 4.69) is 4.98 Å². The minimum absolute atomic E-state index is 0.197. The van der Waals surface area contributed by atoms with Gasteiger partial charge in [-0.1, -0.05) is 0 Å². The van der Waals surface area contributed by atoms with Crippen LogP contribution in [0.2, 0.25) is 0 Å². The molecule has 0 unspecified atom stereocenters. The van der Waals surface area contributed by atoms with E-state index >= 15 is 0 Å². The molecule has 1 heterocycles. The second-order valence-electron chi connectivity index (χ2n) is 3.75. The highest BCUT2D eigenvalue weighted by Crippen LogP contribution is 2.05. The average molecular weight is 231 g/mol. The Balaban J connectivity index is 2.44. The number of nitrogen functional groups attached to an aromatic ring is 1. The molecule has 0 aliphatic rings. The van der Waals surface area contributed by atoms with E-state index in [-0.39, 0.29) is 11.0 Å². The normalized spacial score (nSPS) is 12.2. The summed E-state index contributed by atoms with van der Waals surface area (Å²) in [5.41, 5.74) is 5.55. The minimum Gasteiger partial charge on any atom is -0.369 e. The second-order valence-corrected chi connectivity index (χ2v) is 6.42. The van der Waals surface area contributed by atoms with Crippen LogP contribution in [0.25, 0.3) is 0 Å². The van der Waals surface area contributed by atoms with E-state index in [1.807, 2.05) is 0 Å². The van der Waals surface area contributed by atoms with E-state index < -0.39 is 9.84 Å². The lowest BCUT2D eigenvalue weighted by Gasteiger charge is -2.08. The maximum atomic E-state index is 11.5. The molecular weight excluding hydrogens is 214 g/mol. The van der Waals surface area contributed by atoms with Gasteiger partial charge in [0.25, 0.3) is 0 Å². The molecule has 0 saturated heterocycles. The van der Waals surface area contributed by atoms with Crippen LogP contribution < -0.4 is 5.73 Å². The fraction of sp³-hybridized carbons (Fsp3) is 0.667. The van der Waals surface area contributed by atoms with Crippen LogP contribution >= 0.6 is 0 Å². The van der Waals surface area contributed by atoms with Crippen LogP contribution in [0, 0.1) is 0 Å². The maximum absolute atomic E-state index is 11.5. The summed E-state index contributed by atoms with van der Waals surface area (Å²) >= 11 is 0. The first-order valence-corrected chi connectivity index (χ1v) is 6.63. The van der Waals surface area contributed by atoms with Crippen molar-refractivity contribution in [1.82, 2.24) is 9.55 Å². The summed E-state index contributed by atoms with van der Waals surface area (Å²) in [4.78, 5) is 3.86. The Hall–Kier alpha value is -1.04. The Labute approximate surface area is 90.2 Å². The van der Waals surface area contributed by atoms with Crippen LogP contribution in [0.15, 0.2) is 12.4 Å². The zero-order valence-corrected chi connectivity index (χ0v) is 9.87. The molecule has 6 heteroatoms. The molecule has 0 saturated carbocycles. The molecule has 1 aromatic rings. The molecule has 0 amide bonds. The van der Waals surface area contributed by atoms with Crippen molar-refractivity contribution in [2.75, 3.05) is 11.5 Å². The summed E-state index contributed by atoms with van der Waals surface area (Å²) in [6, 6.07) is 0. The lowest BCUT2D eigenvalue weighted by Crippen LogP contribution is -2.19. The van der Waals surface area contributed by atoms with Gasteiger partial charge in [-0.05, 0) is 20.3 Å². The number of aromatic nitrogens is 2. The number of imidazole rings is 1. The number of rotatable bonds is 5. The molecule has 0 atom stereocenters. The van der Waals surface area contributed by atoms with E-state index in [9.17, 15) is 8.42 Å². The highest BCUT2D eigenvalue weighted by Gasteiger charge is 2.15. The molecule has 0 bridgehead atoms. The third-order valence-electron chi connectivity index (χ3n) is 2.29. The largest absolute Gasteiger partial charge is 0.369 e. The summed E-state index contributed by atoms with van der Waals surface area (Å²) in [5.74, 6) is 0.624. The Bertz CT molecular complexity index is 409. The van der Waals surface area contributed by atoms with E-state index in [0.717, 1.165) is 0 Å². The van der Waals surface area contributed by atoms with Crippen LogP contribution in [0.1, 0.15) is 20.3 Å². The van der Waals surface area contributed by atoms with Gasteiger partial charge in [0.05, 0.1) is 11.0 Å². The number of anilines is 1. The number of sulfone groups is 1. The SMILES string of the molecule is CC(C)S(=O)(=O)CCCn1ccnc1N. The summed E-state index contributed by atoms with van der Waals surface area (Å²) < 4.78 is 24.7. The van der Waals surface area contributed by atoms with E-state index in [1.54, 1.807) is 30.8 Å². The summed E-state index contributed by atoms with van der Waals surface area (Å²) in [6.45, 7) is 3.99. The Morgan fingerprint density at radius 2 is 2.20 bits per heavy atom. The number of nitrogens with zero attached hydrogens (tertiary/aromatic N) is 2. The third-order valence-corrected chi connectivity index (χ3v) is 4.59. The summed E-state index contributed by atoms with van der Waals surface area (Å²) in [7, 11) is -2.94. The standard InChI is InChI=1S/C9H17N3O2S/c1-8(2)15(13,14)7-3-5-12-6-4-11-9(12)10/h4,6,8H,3,5,7H2,1-2H3,(H2,10,11). The van der Waals surface area contributed by atoms with Crippen LogP contribution in [0.5, 0.6) is 0 Å². The van der Waals surface area contributed by atoms with Gasteiger partial charge in [-0.15, -0.1) is 0 Å². The second kappa shape index (κ2) is 4.65. The summed E-state index contributed by atoms with van der Waals surface area (Å²) in [6.07, 6.45) is 3.92. The molecule has 5 nitrogen and oxygen atoms in total. The maximum Gasteiger partial charge on any atom is 0.200 e. The Morgan fingerprint density at radius 3 is 2.67 bits per heavy atom. The van der Waals surface area contributed by atoms with E-state index in [0.29, 0.717) is 18.9 Å². The molecule has 15 heavy (non-hydrogen) atoms. The quantitative estimate of drug-likeness (QED) is 0.808. The van der Waals surface area contributed by atoms with Crippen LogP contribution in [0.4, 0.5) is 5.95 Å². The summed E-state index contributed by atoms with van der Waals surface area (Å²) in [5, 5.41) is -0.308. The smallest absolute Gasteiger partial charge is 0.200 e. The molecule has 1 aromatic heterocycles. The Morgan fingerprint density at radius 1 is 1.53 bits per heavy atom. The van der Waals surface area contributed by atoms with Crippen molar-refractivity contribution < 1.29 is 8.42 Å². The first-order chi connectivity index (χ1) is 6.93. The first-order valence-electron chi connectivity index (χ1n) is 4.91.